The van der Waals surface area contributed by atoms with Gasteiger partial charge in [0.1, 0.15) is 0 Å². The molecule has 1 fully saturated rings. The Labute approximate surface area is 119 Å². The molecule has 0 saturated carbocycles. The average molecular weight is 271 g/mol. The van der Waals surface area contributed by atoms with Crippen molar-refractivity contribution < 1.29 is 0 Å². The minimum atomic E-state index is 0.975. The summed E-state index contributed by atoms with van der Waals surface area (Å²) in [7, 11) is 0. The van der Waals surface area contributed by atoms with E-state index in [4.69, 9.17) is 0 Å². The molecular formula is C15H21N5. The van der Waals surface area contributed by atoms with Gasteiger partial charge in [0.05, 0.1) is 0 Å². The zero-order valence-corrected chi connectivity index (χ0v) is 11.7. The number of H-pyrrole nitrogens is 1. The van der Waals surface area contributed by atoms with Crippen molar-refractivity contribution >= 4 is 0 Å². The third kappa shape index (κ3) is 3.65. The van der Waals surface area contributed by atoms with Gasteiger partial charge in [0.15, 0.2) is 0 Å². The van der Waals surface area contributed by atoms with Gasteiger partial charge in [-0.05, 0) is 43.3 Å². The highest BCUT2D eigenvalue weighted by atomic mass is 15.2. The predicted molar refractivity (Wildman–Crippen MR) is 78.0 cm³/mol. The number of aromatic amines is 1. The zero-order chi connectivity index (χ0) is 13.6. The molecule has 1 aliphatic rings. The van der Waals surface area contributed by atoms with Crippen LogP contribution in [0, 0.1) is 0 Å². The maximum absolute atomic E-state index is 4.07. The summed E-state index contributed by atoms with van der Waals surface area (Å²) < 4.78 is 0. The van der Waals surface area contributed by atoms with Crippen LogP contribution in [0.4, 0.5) is 0 Å². The van der Waals surface area contributed by atoms with Crippen LogP contribution in [-0.4, -0.2) is 51.2 Å². The third-order valence-electron chi connectivity index (χ3n) is 3.79. The molecule has 5 heteroatoms. The first-order valence-corrected chi connectivity index (χ1v) is 7.22. The van der Waals surface area contributed by atoms with Crippen LogP contribution in [0.25, 0.3) is 0 Å². The highest BCUT2D eigenvalue weighted by Crippen LogP contribution is 2.10. The Morgan fingerprint density at radius 2 is 1.65 bits per heavy atom. The quantitative estimate of drug-likeness (QED) is 0.916. The van der Waals surface area contributed by atoms with E-state index < -0.39 is 0 Å². The molecule has 1 aliphatic heterocycles. The van der Waals surface area contributed by atoms with Gasteiger partial charge in [0.25, 0.3) is 0 Å². The Bertz CT molecular complexity index is 496. The van der Waals surface area contributed by atoms with Gasteiger partial charge in [-0.3, -0.25) is 19.9 Å². The lowest BCUT2D eigenvalue weighted by atomic mass is 10.2. The molecule has 0 amide bonds. The lowest BCUT2D eigenvalue weighted by Crippen LogP contribution is -2.30. The van der Waals surface area contributed by atoms with Crippen LogP contribution in [0.2, 0.25) is 0 Å². The standard InChI is InChI=1S/C15H21N5/c1-8-19(12-14-2-5-16-6-3-14)10-11-20(9-1)13-15-4-7-17-18-15/h2-7H,1,8-13H2,(H,17,18). The van der Waals surface area contributed by atoms with Crippen molar-refractivity contribution in [2.45, 2.75) is 19.5 Å². The minimum absolute atomic E-state index is 0.975. The molecule has 1 saturated heterocycles. The largest absolute Gasteiger partial charge is 0.298 e. The maximum atomic E-state index is 4.07. The summed E-state index contributed by atoms with van der Waals surface area (Å²) in [6.07, 6.45) is 6.79. The van der Waals surface area contributed by atoms with Crippen LogP contribution >= 0.6 is 0 Å². The molecule has 0 aromatic carbocycles. The SMILES string of the molecule is c1cc(CN2CCCN(Cc3ccn[nH]3)CC2)ccn1. The summed E-state index contributed by atoms with van der Waals surface area (Å²) in [5.74, 6) is 0. The third-order valence-corrected chi connectivity index (χ3v) is 3.79. The van der Waals surface area contributed by atoms with E-state index in [1.807, 2.05) is 18.6 Å². The van der Waals surface area contributed by atoms with Gasteiger partial charge in [0, 0.05) is 50.5 Å². The normalized spacial score (nSPS) is 18.0. The maximum Gasteiger partial charge on any atom is 0.0492 e. The summed E-state index contributed by atoms with van der Waals surface area (Å²) in [6, 6.07) is 6.26. The molecule has 5 nitrogen and oxygen atoms in total. The van der Waals surface area contributed by atoms with Crippen LogP contribution in [-0.2, 0) is 13.1 Å². The number of pyridine rings is 1. The van der Waals surface area contributed by atoms with E-state index >= 15 is 0 Å². The van der Waals surface area contributed by atoms with Crippen molar-refractivity contribution in [3.63, 3.8) is 0 Å². The number of rotatable bonds is 4. The van der Waals surface area contributed by atoms with Crippen LogP contribution in [0.3, 0.4) is 0 Å². The fraction of sp³-hybridized carbons (Fsp3) is 0.467. The van der Waals surface area contributed by atoms with E-state index in [0.717, 1.165) is 32.7 Å². The number of aromatic nitrogens is 3. The van der Waals surface area contributed by atoms with Gasteiger partial charge in [-0.15, -0.1) is 0 Å². The Hall–Kier alpha value is -1.72. The van der Waals surface area contributed by atoms with Crippen molar-refractivity contribution in [2.24, 2.45) is 0 Å². The van der Waals surface area contributed by atoms with Crippen molar-refractivity contribution in [3.8, 4) is 0 Å². The van der Waals surface area contributed by atoms with E-state index in [2.05, 4.69) is 43.2 Å². The topological polar surface area (TPSA) is 48.0 Å². The average Bonchev–Trinajstić information content (AvgIpc) is 2.88. The molecule has 0 spiro atoms. The van der Waals surface area contributed by atoms with Crippen molar-refractivity contribution in [3.05, 3.63) is 48.0 Å². The monoisotopic (exact) mass is 271 g/mol. The molecular weight excluding hydrogens is 250 g/mol. The molecule has 2 aromatic heterocycles. The highest BCUT2D eigenvalue weighted by Gasteiger charge is 2.15. The fourth-order valence-electron chi connectivity index (χ4n) is 2.70. The lowest BCUT2D eigenvalue weighted by molar-refractivity contribution is 0.245. The highest BCUT2D eigenvalue weighted by molar-refractivity contribution is 5.09. The molecule has 1 N–H and O–H groups in total. The van der Waals surface area contributed by atoms with Crippen molar-refractivity contribution in [1.29, 1.82) is 0 Å². The summed E-state index contributed by atoms with van der Waals surface area (Å²) in [5.41, 5.74) is 2.55. The van der Waals surface area contributed by atoms with Gasteiger partial charge in [-0.1, -0.05) is 0 Å². The van der Waals surface area contributed by atoms with E-state index in [-0.39, 0.29) is 0 Å². The molecule has 2 aromatic rings. The van der Waals surface area contributed by atoms with E-state index in [0.29, 0.717) is 0 Å². The second-order valence-electron chi connectivity index (χ2n) is 5.34. The summed E-state index contributed by atoms with van der Waals surface area (Å²) in [4.78, 5) is 9.10. The van der Waals surface area contributed by atoms with Crippen molar-refractivity contribution in [1.82, 2.24) is 25.0 Å². The first-order chi connectivity index (χ1) is 9.90. The van der Waals surface area contributed by atoms with Gasteiger partial charge < -0.3 is 0 Å². The van der Waals surface area contributed by atoms with Crippen molar-refractivity contribution in [2.75, 3.05) is 26.2 Å². The van der Waals surface area contributed by atoms with E-state index in [1.165, 1.54) is 24.2 Å². The second kappa shape index (κ2) is 6.63. The molecule has 3 rings (SSSR count). The van der Waals surface area contributed by atoms with Crippen LogP contribution in [0.15, 0.2) is 36.8 Å². The molecule has 0 aliphatic carbocycles. The number of nitrogens with one attached hydrogen (secondary N) is 1. The van der Waals surface area contributed by atoms with Crippen LogP contribution < -0.4 is 0 Å². The molecule has 0 bridgehead atoms. The molecule has 0 unspecified atom stereocenters. The predicted octanol–water partition coefficient (Wildman–Crippen LogP) is 1.51. The molecule has 3 heterocycles. The Morgan fingerprint density at radius 1 is 0.900 bits per heavy atom. The summed E-state index contributed by atoms with van der Waals surface area (Å²) >= 11 is 0. The van der Waals surface area contributed by atoms with E-state index in [9.17, 15) is 0 Å². The second-order valence-corrected chi connectivity index (χ2v) is 5.34. The molecule has 106 valence electrons. The Kier molecular flexibility index (Phi) is 4.40. The molecule has 20 heavy (non-hydrogen) atoms. The Morgan fingerprint density at radius 3 is 2.35 bits per heavy atom. The Balaban J connectivity index is 1.51. The van der Waals surface area contributed by atoms with Gasteiger partial charge >= 0.3 is 0 Å². The number of hydrogen-bond acceptors (Lipinski definition) is 4. The van der Waals surface area contributed by atoms with Gasteiger partial charge in [0.2, 0.25) is 0 Å². The number of nitrogens with zero attached hydrogens (tertiary/aromatic N) is 4. The first-order valence-electron chi connectivity index (χ1n) is 7.22. The van der Waals surface area contributed by atoms with Gasteiger partial charge in [-0.25, -0.2) is 0 Å². The summed E-state index contributed by atoms with van der Waals surface area (Å²) in [5, 5.41) is 7.06. The van der Waals surface area contributed by atoms with E-state index in [1.54, 1.807) is 0 Å². The van der Waals surface area contributed by atoms with Gasteiger partial charge in [-0.2, -0.15) is 5.10 Å². The zero-order valence-electron chi connectivity index (χ0n) is 11.7. The molecule has 0 atom stereocenters. The van der Waals surface area contributed by atoms with Crippen LogP contribution in [0.1, 0.15) is 17.7 Å². The molecule has 0 radical (unpaired) electrons. The smallest absolute Gasteiger partial charge is 0.0492 e. The fourth-order valence-corrected chi connectivity index (χ4v) is 2.70. The first kappa shape index (κ1) is 13.3. The summed E-state index contributed by atoms with van der Waals surface area (Å²) in [6.45, 7) is 6.57. The van der Waals surface area contributed by atoms with Crippen LogP contribution in [0.5, 0.6) is 0 Å². The minimum Gasteiger partial charge on any atom is -0.298 e. The lowest BCUT2D eigenvalue weighted by Gasteiger charge is -2.21. The number of hydrogen-bond donors (Lipinski definition) is 1.